The van der Waals surface area contributed by atoms with Crippen molar-refractivity contribution in [1.29, 1.82) is 0 Å². The number of rotatable bonds is 10. The minimum atomic E-state index is -0.525. The smallest absolute Gasteiger partial charge is 0.338 e. The molecule has 1 atom stereocenters. The molecule has 9 heteroatoms. The number of hydrogen-bond donors (Lipinski definition) is 2. The van der Waals surface area contributed by atoms with Gasteiger partial charge in [-0.3, -0.25) is 4.79 Å². The van der Waals surface area contributed by atoms with Crippen LogP contribution in [0.4, 0.5) is 5.69 Å². The molecule has 2 aromatic rings. The van der Waals surface area contributed by atoms with Crippen molar-refractivity contribution in [2.75, 3.05) is 38.8 Å². The van der Waals surface area contributed by atoms with Gasteiger partial charge in [-0.1, -0.05) is 30.3 Å². The Bertz CT molecular complexity index is 1060. The van der Waals surface area contributed by atoms with E-state index < -0.39 is 12.0 Å². The highest BCUT2D eigenvalue weighted by Gasteiger charge is 2.34. The first-order valence-corrected chi connectivity index (χ1v) is 11.4. The van der Waals surface area contributed by atoms with Gasteiger partial charge in [-0.05, 0) is 55.9 Å². The molecule has 0 fully saturated rings. The number of thiocarbonyl (C=S) groups is 1. The average Bonchev–Trinajstić information content (AvgIpc) is 2.83. The zero-order valence-electron chi connectivity index (χ0n) is 19.5. The lowest BCUT2D eigenvalue weighted by molar-refractivity contribution is -0.140. The Morgan fingerprint density at radius 1 is 1.12 bits per heavy atom. The maximum absolute atomic E-state index is 13.0. The number of methoxy groups -OCH3 is 1. The van der Waals surface area contributed by atoms with E-state index in [4.69, 9.17) is 26.4 Å². The van der Waals surface area contributed by atoms with Gasteiger partial charge in [0.15, 0.2) is 11.7 Å². The van der Waals surface area contributed by atoms with Gasteiger partial charge in [-0.15, -0.1) is 0 Å². The molecule has 1 aliphatic rings. The average molecular weight is 484 g/mol. The molecule has 1 aliphatic heterocycles. The highest BCUT2D eigenvalue weighted by atomic mass is 32.1. The molecule has 0 saturated carbocycles. The SMILES string of the molecule is CCN1C(=S)NC(c2cccc(NC(=O)COc3ccccc3)c2)C(C(=O)OCCOC)=C1C. The van der Waals surface area contributed by atoms with Gasteiger partial charge in [0.05, 0.1) is 18.2 Å². The molecule has 0 aromatic heterocycles. The van der Waals surface area contributed by atoms with Crippen molar-refractivity contribution in [3.8, 4) is 5.75 Å². The number of nitrogens with zero attached hydrogens (tertiary/aromatic N) is 1. The van der Waals surface area contributed by atoms with Crippen LogP contribution in [0.2, 0.25) is 0 Å². The highest BCUT2D eigenvalue weighted by molar-refractivity contribution is 7.80. The fraction of sp³-hybridized carbons (Fsp3) is 0.320. The monoisotopic (exact) mass is 483 g/mol. The van der Waals surface area contributed by atoms with Crippen LogP contribution in [0.5, 0.6) is 5.75 Å². The second kappa shape index (κ2) is 12.2. The highest BCUT2D eigenvalue weighted by Crippen LogP contribution is 2.32. The number of carbonyl (C=O) groups is 2. The number of amides is 1. The lowest BCUT2D eigenvalue weighted by Gasteiger charge is -2.37. The van der Waals surface area contributed by atoms with Gasteiger partial charge < -0.3 is 29.7 Å². The first-order valence-electron chi connectivity index (χ1n) is 11.0. The van der Waals surface area contributed by atoms with Crippen molar-refractivity contribution in [2.24, 2.45) is 0 Å². The standard InChI is InChI=1S/C25H29N3O5S/c1-4-28-17(2)22(24(30)32-14-13-31-3)23(27-25(28)34)18-9-8-10-19(15-18)26-21(29)16-33-20-11-6-5-7-12-20/h5-12,15,23H,4,13-14,16H2,1-3H3,(H,26,29)(H,27,34). The van der Waals surface area contributed by atoms with E-state index >= 15 is 0 Å². The van der Waals surface area contributed by atoms with Gasteiger partial charge in [0.1, 0.15) is 12.4 Å². The van der Waals surface area contributed by atoms with Crippen LogP contribution in [0.25, 0.3) is 0 Å². The van der Waals surface area contributed by atoms with E-state index in [9.17, 15) is 9.59 Å². The predicted molar refractivity (Wildman–Crippen MR) is 133 cm³/mol. The Labute approximate surface area is 204 Å². The van der Waals surface area contributed by atoms with Crippen LogP contribution in [-0.2, 0) is 19.1 Å². The number of anilines is 1. The van der Waals surface area contributed by atoms with Crippen LogP contribution in [0.15, 0.2) is 65.9 Å². The maximum Gasteiger partial charge on any atom is 0.338 e. The number of ether oxygens (including phenoxy) is 3. The Hall–Kier alpha value is -3.43. The minimum Gasteiger partial charge on any atom is -0.484 e. The normalized spacial score (nSPS) is 15.6. The molecule has 2 aromatic carbocycles. The summed E-state index contributed by atoms with van der Waals surface area (Å²) in [6.07, 6.45) is 0. The van der Waals surface area contributed by atoms with Gasteiger partial charge in [0.25, 0.3) is 5.91 Å². The molecule has 2 N–H and O–H groups in total. The number of benzene rings is 2. The molecule has 180 valence electrons. The zero-order chi connectivity index (χ0) is 24.5. The molecule has 1 heterocycles. The summed E-state index contributed by atoms with van der Waals surface area (Å²) in [5.41, 5.74) is 2.53. The summed E-state index contributed by atoms with van der Waals surface area (Å²) in [6.45, 7) is 4.74. The first kappa shape index (κ1) is 25.2. The van der Waals surface area contributed by atoms with Gasteiger partial charge in [0.2, 0.25) is 0 Å². The third-order valence-electron chi connectivity index (χ3n) is 5.27. The molecule has 0 radical (unpaired) electrons. The fourth-order valence-electron chi connectivity index (χ4n) is 3.63. The summed E-state index contributed by atoms with van der Waals surface area (Å²) in [5.74, 6) is -0.126. The van der Waals surface area contributed by atoms with E-state index in [1.54, 1.807) is 31.4 Å². The van der Waals surface area contributed by atoms with E-state index in [0.29, 0.717) is 35.3 Å². The molecule has 1 unspecified atom stereocenters. The predicted octanol–water partition coefficient (Wildman–Crippen LogP) is 3.42. The number of esters is 1. The van der Waals surface area contributed by atoms with Gasteiger partial charge in [-0.25, -0.2) is 4.79 Å². The Morgan fingerprint density at radius 3 is 2.59 bits per heavy atom. The van der Waals surface area contributed by atoms with E-state index in [-0.39, 0.29) is 19.1 Å². The van der Waals surface area contributed by atoms with Gasteiger partial charge >= 0.3 is 5.97 Å². The molecule has 0 aliphatic carbocycles. The lowest BCUT2D eigenvalue weighted by Crippen LogP contribution is -2.47. The molecule has 0 saturated heterocycles. The summed E-state index contributed by atoms with van der Waals surface area (Å²) in [5, 5.41) is 6.60. The van der Waals surface area contributed by atoms with Crippen molar-refractivity contribution in [2.45, 2.75) is 19.9 Å². The van der Waals surface area contributed by atoms with Crippen LogP contribution in [-0.4, -0.2) is 55.4 Å². The molecular formula is C25H29N3O5S. The molecular weight excluding hydrogens is 454 g/mol. The summed E-state index contributed by atoms with van der Waals surface area (Å²) in [7, 11) is 1.55. The lowest BCUT2D eigenvalue weighted by atomic mass is 9.94. The fourth-order valence-corrected chi connectivity index (χ4v) is 4.01. The summed E-state index contributed by atoms with van der Waals surface area (Å²) < 4.78 is 15.9. The quantitative estimate of drug-likeness (QED) is 0.302. The van der Waals surface area contributed by atoms with E-state index in [1.165, 1.54) is 0 Å². The van der Waals surface area contributed by atoms with Crippen LogP contribution >= 0.6 is 12.2 Å². The number of nitrogens with one attached hydrogen (secondary N) is 2. The van der Waals surface area contributed by atoms with E-state index in [1.807, 2.05) is 49.1 Å². The first-order chi connectivity index (χ1) is 16.4. The van der Waals surface area contributed by atoms with Crippen molar-refractivity contribution >= 4 is 34.9 Å². The number of hydrogen-bond acceptors (Lipinski definition) is 6. The van der Waals surface area contributed by atoms with E-state index in [2.05, 4.69) is 10.6 Å². The minimum absolute atomic E-state index is 0.123. The van der Waals surface area contributed by atoms with Crippen LogP contribution in [0.3, 0.4) is 0 Å². The van der Waals surface area contributed by atoms with Crippen molar-refractivity contribution < 1.29 is 23.8 Å². The Balaban J connectivity index is 1.79. The van der Waals surface area contributed by atoms with Crippen molar-refractivity contribution in [1.82, 2.24) is 10.2 Å². The molecule has 34 heavy (non-hydrogen) atoms. The van der Waals surface area contributed by atoms with Crippen molar-refractivity contribution in [3.05, 3.63) is 71.4 Å². The van der Waals surface area contributed by atoms with Crippen LogP contribution in [0, 0.1) is 0 Å². The molecule has 0 spiro atoms. The third kappa shape index (κ3) is 6.33. The number of carbonyl (C=O) groups excluding carboxylic acids is 2. The Kier molecular flexibility index (Phi) is 9.00. The second-order valence-electron chi connectivity index (χ2n) is 7.53. The summed E-state index contributed by atoms with van der Waals surface area (Å²) in [4.78, 5) is 27.2. The third-order valence-corrected chi connectivity index (χ3v) is 5.61. The largest absolute Gasteiger partial charge is 0.484 e. The van der Waals surface area contributed by atoms with Gasteiger partial charge in [-0.2, -0.15) is 0 Å². The number of allylic oxidation sites excluding steroid dienone is 1. The van der Waals surface area contributed by atoms with Gasteiger partial charge in [0, 0.05) is 25.0 Å². The molecule has 8 nitrogen and oxygen atoms in total. The van der Waals surface area contributed by atoms with Crippen molar-refractivity contribution in [3.63, 3.8) is 0 Å². The summed E-state index contributed by atoms with van der Waals surface area (Å²) >= 11 is 5.53. The second-order valence-corrected chi connectivity index (χ2v) is 7.92. The molecule has 1 amide bonds. The topological polar surface area (TPSA) is 89.1 Å². The van der Waals surface area contributed by atoms with E-state index in [0.717, 1.165) is 11.3 Å². The zero-order valence-corrected chi connectivity index (χ0v) is 20.3. The van der Waals surface area contributed by atoms with Crippen LogP contribution in [0.1, 0.15) is 25.5 Å². The maximum atomic E-state index is 13.0. The summed E-state index contributed by atoms with van der Waals surface area (Å²) in [6, 6.07) is 15.9. The molecule has 0 bridgehead atoms. The number of para-hydroxylation sites is 1. The van der Waals surface area contributed by atoms with Crippen LogP contribution < -0.4 is 15.4 Å². The Morgan fingerprint density at radius 2 is 1.88 bits per heavy atom. The molecule has 3 rings (SSSR count).